The van der Waals surface area contributed by atoms with Crippen molar-refractivity contribution < 1.29 is 5.11 Å². The number of benzene rings is 1. The van der Waals surface area contributed by atoms with E-state index in [9.17, 15) is 10.4 Å². The summed E-state index contributed by atoms with van der Waals surface area (Å²) in [5.74, 6) is -0.437. The minimum absolute atomic E-state index is 0.437. The second kappa shape index (κ2) is 6.56. The molecule has 0 fully saturated rings. The smallest absolute Gasteiger partial charge is 0.0999 e. The van der Waals surface area contributed by atoms with Crippen molar-refractivity contribution in [3.05, 3.63) is 35.4 Å². The van der Waals surface area contributed by atoms with E-state index in [0.717, 1.165) is 18.4 Å². The van der Waals surface area contributed by atoms with Crippen molar-refractivity contribution in [3.63, 3.8) is 0 Å². The molecule has 0 radical (unpaired) electrons. The zero-order valence-corrected chi connectivity index (χ0v) is 11.6. The number of hydrogen-bond donors (Lipinski definition) is 1. The predicted molar refractivity (Wildman–Crippen MR) is 74.3 cm³/mol. The Hall–Kier alpha value is -1.33. The maximum Gasteiger partial charge on any atom is 0.0999 e. The number of rotatable bonds is 6. The minimum atomic E-state index is -0.906. The summed E-state index contributed by atoms with van der Waals surface area (Å²) in [6.07, 6.45) is 3.14. The summed E-state index contributed by atoms with van der Waals surface area (Å²) >= 11 is 0. The Balaban J connectivity index is 3.04. The lowest BCUT2D eigenvalue weighted by molar-refractivity contribution is 0.0146. The molecule has 0 saturated heterocycles. The van der Waals surface area contributed by atoms with Gasteiger partial charge in [0, 0.05) is 0 Å². The van der Waals surface area contributed by atoms with E-state index in [1.807, 2.05) is 38.1 Å². The van der Waals surface area contributed by atoms with Gasteiger partial charge in [0.25, 0.3) is 0 Å². The van der Waals surface area contributed by atoms with E-state index >= 15 is 0 Å². The molecule has 1 aromatic carbocycles. The third-order valence-corrected chi connectivity index (χ3v) is 3.68. The van der Waals surface area contributed by atoms with Gasteiger partial charge in [0.15, 0.2) is 0 Å². The molecule has 0 saturated carbocycles. The maximum absolute atomic E-state index is 10.6. The molecule has 0 amide bonds. The van der Waals surface area contributed by atoms with E-state index in [0.29, 0.717) is 12.8 Å². The van der Waals surface area contributed by atoms with E-state index < -0.39 is 11.5 Å². The number of nitriles is 1. The first kappa shape index (κ1) is 14.7. The van der Waals surface area contributed by atoms with Gasteiger partial charge in [0.1, 0.15) is 0 Å². The second-order valence-electron chi connectivity index (χ2n) is 4.86. The molecule has 18 heavy (non-hydrogen) atoms. The molecule has 0 spiro atoms. The highest BCUT2D eigenvalue weighted by atomic mass is 16.3. The number of aliphatic hydroxyl groups is 1. The third kappa shape index (κ3) is 3.11. The van der Waals surface area contributed by atoms with E-state index in [2.05, 4.69) is 13.0 Å². The summed E-state index contributed by atoms with van der Waals surface area (Å²) in [6, 6.07) is 10.3. The Morgan fingerprint density at radius 2 is 1.83 bits per heavy atom. The van der Waals surface area contributed by atoms with Crippen LogP contribution in [0.3, 0.4) is 0 Å². The van der Waals surface area contributed by atoms with Gasteiger partial charge in [-0.3, -0.25) is 0 Å². The lowest BCUT2D eigenvalue weighted by atomic mass is 9.78. The van der Waals surface area contributed by atoms with Crippen LogP contribution in [-0.4, -0.2) is 10.7 Å². The van der Waals surface area contributed by atoms with Crippen LogP contribution in [0.4, 0.5) is 0 Å². The van der Waals surface area contributed by atoms with Crippen molar-refractivity contribution in [3.8, 4) is 6.07 Å². The van der Waals surface area contributed by atoms with Crippen LogP contribution in [0.15, 0.2) is 24.3 Å². The first-order chi connectivity index (χ1) is 8.61. The molecule has 0 aliphatic heterocycles. The van der Waals surface area contributed by atoms with E-state index in [-0.39, 0.29) is 0 Å². The Kier molecular flexibility index (Phi) is 5.37. The molecule has 2 atom stereocenters. The van der Waals surface area contributed by atoms with E-state index in [1.165, 1.54) is 5.56 Å². The highest BCUT2D eigenvalue weighted by molar-refractivity contribution is 5.31. The summed E-state index contributed by atoms with van der Waals surface area (Å²) in [7, 11) is 0. The van der Waals surface area contributed by atoms with Crippen LogP contribution in [0.1, 0.15) is 57.1 Å². The Bertz CT molecular complexity index is 404. The van der Waals surface area contributed by atoms with Gasteiger partial charge in [-0.15, -0.1) is 0 Å². The quantitative estimate of drug-likeness (QED) is 0.828. The normalized spacial score (nSPS) is 15.7. The molecule has 0 aliphatic carbocycles. The van der Waals surface area contributed by atoms with Crippen molar-refractivity contribution in [2.45, 2.75) is 58.0 Å². The fraction of sp³-hybridized carbons (Fsp3) is 0.562. The number of nitrogens with zero attached hydrogens (tertiary/aromatic N) is 1. The second-order valence-corrected chi connectivity index (χ2v) is 4.86. The Morgan fingerprint density at radius 3 is 2.22 bits per heavy atom. The summed E-state index contributed by atoms with van der Waals surface area (Å²) in [5.41, 5.74) is 1.27. The predicted octanol–water partition coefficient (Wildman–Crippen LogP) is 3.80. The molecular formula is C16H23NO. The third-order valence-electron chi connectivity index (χ3n) is 3.68. The molecule has 1 aromatic rings. The van der Waals surface area contributed by atoms with Crippen LogP contribution in [0.2, 0.25) is 0 Å². The number of hydrogen-bond acceptors (Lipinski definition) is 2. The molecule has 0 heterocycles. The Labute approximate surface area is 110 Å². The van der Waals surface area contributed by atoms with Crippen LogP contribution in [0.25, 0.3) is 0 Å². The molecule has 2 nitrogen and oxygen atoms in total. The SMILES string of the molecule is CCCC(O)(CC)C(C#N)c1ccc(CC)cc1. The maximum atomic E-state index is 10.6. The molecule has 2 heteroatoms. The standard InChI is InChI=1S/C16H23NO/c1-4-11-16(18,6-3)15(12-17)14-9-7-13(5-2)8-10-14/h7-10,15,18H,4-6,11H2,1-3H3. The molecule has 0 aliphatic rings. The number of aryl methyl sites for hydroxylation is 1. The molecule has 1 rings (SSSR count). The lowest BCUT2D eigenvalue weighted by Gasteiger charge is -2.31. The topological polar surface area (TPSA) is 44.0 Å². The van der Waals surface area contributed by atoms with E-state index in [4.69, 9.17) is 0 Å². The summed E-state index contributed by atoms with van der Waals surface area (Å²) in [6.45, 7) is 6.09. The molecule has 0 aromatic heterocycles. The fourth-order valence-corrected chi connectivity index (χ4v) is 2.41. The zero-order chi connectivity index (χ0) is 13.6. The van der Waals surface area contributed by atoms with Crippen molar-refractivity contribution in [2.24, 2.45) is 0 Å². The highest BCUT2D eigenvalue weighted by Gasteiger charge is 2.35. The fourth-order valence-electron chi connectivity index (χ4n) is 2.41. The van der Waals surface area contributed by atoms with Crippen LogP contribution in [0, 0.1) is 11.3 Å². The van der Waals surface area contributed by atoms with Gasteiger partial charge < -0.3 is 5.11 Å². The summed E-state index contributed by atoms with van der Waals surface area (Å²) in [5, 5.41) is 20.0. The average molecular weight is 245 g/mol. The largest absolute Gasteiger partial charge is 0.388 e. The molecule has 2 unspecified atom stereocenters. The minimum Gasteiger partial charge on any atom is -0.388 e. The van der Waals surface area contributed by atoms with Gasteiger partial charge >= 0.3 is 0 Å². The van der Waals surface area contributed by atoms with Gasteiger partial charge in [0.05, 0.1) is 17.6 Å². The summed E-state index contributed by atoms with van der Waals surface area (Å²) in [4.78, 5) is 0. The van der Waals surface area contributed by atoms with Gasteiger partial charge in [-0.2, -0.15) is 5.26 Å². The van der Waals surface area contributed by atoms with E-state index in [1.54, 1.807) is 0 Å². The van der Waals surface area contributed by atoms with Crippen molar-refractivity contribution >= 4 is 0 Å². The highest BCUT2D eigenvalue weighted by Crippen LogP contribution is 2.34. The molecular weight excluding hydrogens is 222 g/mol. The van der Waals surface area contributed by atoms with Crippen LogP contribution < -0.4 is 0 Å². The van der Waals surface area contributed by atoms with Gasteiger partial charge in [-0.05, 0) is 30.4 Å². The average Bonchev–Trinajstić information content (AvgIpc) is 2.40. The van der Waals surface area contributed by atoms with Gasteiger partial charge in [-0.25, -0.2) is 0 Å². The van der Waals surface area contributed by atoms with Crippen molar-refractivity contribution in [2.75, 3.05) is 0 Å². The van der Waals surface area contributed by atoms with Gasteiger partial charge in [0.2, 0.25) is 0 Å². The molecule has 0 bridgehead atoms. The molecule has 98 valence electrons. The lowest BCUT2D eigenvalue weighted by Crippen LogP contribution is -2.34. The summed E-state index contributed by atoms with van der Waals surface area (Å²) < 4.78 is 0. The zero-order valence-electron chi connectivity index (χ0n) is 11.6. The van der Waals surface area contributed by atoms with Crippen LogP contribution >= 0.6 is 0 Å². The van der Waals surface area contributed by atoms with Crippen LogP contribution in [-0.2, 0) is 6.42 Å². The van der Waals surface area contributed by atoms with Crippen molar-refractivity contribution in [1.29, 1.82) is 5.26 Å². The first-order valence-corrected chi connectivity index (χ1v) is 6.82. The van der Waals surface area contributed by atoms with Crippen molar-refractivity contribution in [1.82, 2.24) is 0 Å². The monoisotopic (exact) mass is 245 g/mol. The van der Waals surface area contributed by atoms with Crippen LogP contribution in [0.5, 0.6) is 0 Å². The molecule has 1 N–H and O–H groups in total. The Morgan fingerprint density at radius 1 is 1.22 bits per heavy atom. The first-order valence-electron chi connectivity index (χ1n) is 6.82. The van der Waals surface area contributed by atoms with Gasteiger partial charge in [-0.1, -0.05) is 51.5 Å².